The first-order valence-corrected chi connectivity index (χ1v) is 8.23. The van der Waals surface area contributed by atoms with Gasteiger partial charge in [0.05, 0.1) is 4.90 Å². The van der Waals surface area contributed by atoms with Crippen molar-refractivity contribution in [1.82, 2.24) is 10.3 Å². The third-order valence-corrected chi connectivity index (χ3v) is 3.98. The first kappa shape index (κ1) is 15.6. The summed E-state index contributed by atoms with van der Waals surface area (Å²) in [5, 5.41) is 7.72. The summed E-state index contributed by atoms with van der Waals surface area (Å²) >= 11 is 3.19. The van der Waals surface area contributed by atoms with Crippen LogP contribution in [0, 0.1) is 0 Å². The Labute approximate surface area is 130 Å². The Hall–Kier alpha value is -1.77. The van der Waals surface area contributed by atoms with Crippen LogP contribution in [0.3, 0.4) is 0 Å². The van der Waals surface area contributed by atoms with Crippen LogP contribution in [0.15, 0.2) is 52.0 Å². The number of halogens is 1. The van der Waals surface area contributed by atoms with Crippen molar-refractivity contribution in [2.45, 2.75) is 11.4 Å². The topological polar surface area (TPSA) is 102 Å². The molecule has 0 aliphatic rings. The number of hydrogen-bond donors (Lipinski definition) is 2. The molecule has 0 saturated carbocycles. The number of carbonyl (C=O) groups is 1. The predicted octanol–water partition coefficient (Wildman–Crippen LogP) is 1.42. The lowest BCUT2D eigenvalue weighted by Gasteiger charge is -2.06. The van der Waals surface area contributed by atoms with Gasteiger partial charge in [0.25, 0.3) is 5.91 Å². The summed E-state index contributed by atoms with van der Waals surface area (Å²) in [6, 6.07) is 11.1. The zero-order chi connectivity index (χ0) is 15.5. The van der Waals surface area contributed by atoms with Crippen LogP contribution in [0.5, 0.6) is 0 Å². The first-order chi connectivity index (χ1) is 9.86. The third-order valence-electron chi connectivity index (χ3n) is 2.63. The molecule has 0 saturated heterocycles. The summed E-state index contributed by atoms with van der Waals surface area (Å²) in [4.78, 5) is 16.0. The molecule has 6 nitrogen and oxygen atoms in total. The minimum Gasteiger partial charge on any atom is -0.347 e. The molecule has 0 atom stereocenters. The summed E-state index contributed by atoms with van der Waals surface area (Å²) in [5.41, 5.74) is 0.900. The number of benzene rings is 1. The fourth-order valence-corrected chi connectivity index (χ4v) is 2.57. The number of primary sulfonamides is 1. The lowest BCUT2D eigenvalue weighted by molar-refractivity contribution is 0.0945. The van der Waals surface area contributed by atoms with Gasteiger partial charge in [-0.15, -0.1) is 0 Å². The van der Waals surface area contributed by atoms with Gasteiger partial charge in [0.1, 0.15) is 10.3 Å². The molecule has 1 heterocycles. The minimum absolute atomic E-state index is 0.00910. The van der Waals surface area contributed by atoms with E-state index in [9.17, 15) is 13.2 Å². The van der Waals surface area contributed by atoms with Crippen LogP contribution >= 0.6 is 15.9 Å². The van der Waals surface area contributed by atoms with Gasteiger partial charge >= 0.3 is 0 Å². The van der Waals surface area contributed by atoms with E-state index >= 15 is 0 Å². The van der Waals surface area contributed by atoms with E-state index in [1.165, 1.54) is 12.1 Å². The van der Waals surface area contributed by atoms with Crippen LogP contribution in [0.1, 0.15) is 16.1 Å². The van der Waals surface area contributed by atoms with Gasteiger partial charge in [-0.1, -0.05) is 18.2 Å². The minimum atomic E-state index is -3.75. The number of hydrogen-bond acceptors (Lipinski definition) is 4. The van der Waals surface area contributed by atoms with Crippen molar-refractivity contribution in [2.24, 2.45) is 5.14 Å². The van der Waals surface area contributed by atoms with Gasteiger partial charge in [0.15, 0.2) is 0 Å². The maximum atomic E-state index is 11.9. The largest absolute Gasteiger partial charge is 0.347 e. The van der Waals surface area contributed by atoms with Crippen LogP contribution in [-0.2, 0) is 16.6 Å². The van der Waals surface area contributed by atoms with Gasteiger partial charge in [-0.2, -0.15) is 0 Å². The molecule has 8 heteroatoms. The van der Waals surface area contributed by atoms with E-state index in [4.69, 9.17) is 5.14 Å². The highest BCUT2D eigenvalue weighted by Gasteiger charge is 2.10. The fourth-order valence-electron chi connectivity index (χ4n) is 1.64. The van der Waals surface area contributed by atoms with Gasteiger partial charge in [-0.3, -0.25) is 4.79 Å². The molecule has 21 heavy (non-hydrogen) atoms. The molecule has 0 aliphatic carbocycles. The van der Waals surface area contributed by atoms with Gasteiger partial charge in [-0.05, 0) is 45.8 Å². The molecule has 0 unspecified atom stereocenters. The van der Waals surface area contributed by atoms with Crippen LogP contribution in [0.2, 0.25) is 0 Å². The number of pyridine rings is 1. The van der Waals surface area contributed by atoms with Crippen molar-refractivity contribution in [1.29, 1.82) is 0 Å². The zero-order valence-corrected chi connectivity index (χ0v) is 13.2. The number of rotatable bonds is 4. The molecule has 0 aliphatic heterocycles. The summed E-state index contributed by atoms with van der Waals surface area (Å²) < 4.78 is 23.1. The molecule has 0 spiro atoms. The highest BCUT2D eigenvalue weighted by atomic mass is 79.9. The van der Waals surface area contributed by atoms with Gasteiger partial charge in [0, 0.05) is 6.54 Å². The second-order valence-corrected chi connectivity index (χ2v) is 6.59. The number of nitrogens with zero attached hydrogens (tertiary/aromatic N) is 1. The number of nitrogens with one attached hydrogen (secondary N) is 1. The Morgan fingerprint density at radius 2 is 1.95 bits per heavy atom. The van der Waals surface area contributed by atoms with Gasteiger partial charge in [0.2, 0.25) is 10.0 Å². The smallest absolute Gasteiger partial charge is 0.270 e. The quantitative estimate of drug-likeness (QED) is 0.795. The monoisotopic (exact) mass is 369 g/mol. The molecule has 0 fully saturated rings. The van der Waals surface area contributed by atoms with Crippen LogP contribution in [0.4, 0.5) is 0 Å². The van der Waals surface area contributed by atoms with E-state index < -0.39 is 10.0 Å². The average Bonchev–Trinajstić information content (AvgIpc) is 2.44. The first-order valence-electron chi connectivity index (χ1n) is 5.89. The van der Waals surface area contributed by atoms with Crippen LogP contribution in [0.25, 0.3) is 0 Å². The summed E-state index contributed by atoms with van der Waals surface area (Å²) in [5.74, 6) is -0.350. The fraction of sp³-hybridized carbons (Fsp3) is 0.0769. The van der Waals surface area contributed by atoms with Crippen molar-refractivity contribution in [3.05, 3.63) is 58.3 Å². The Balaban J connectivity index is 2.08. The van der Waals surface area contributed by atoms with Crippen molar-refractivity contribution in [2.75, 3.05) is 0 Å². The van der Waals surface area contributed by atoms with Gasteiger partial charge in [-0.25, -0.2) is 18.5 Å². The molecule has 2 rings (SSSR count). The summed E-state index contributed by atoms with van der Waals surface area (Å²) in [6.45, 7) is 0.177. The van der Waals surface area contributed by atoms with E-state index in [2.05, 4.69) is 26.2 Å². The van der Waals surface area contributed by atoms with E-state index in [0.29, 0.717) is 10.2 Å². The molecule has 3 N–H and O–H groups in total. The number of amides is 1. The number of carbonyl (C=O) groups excluding carboxylic acids is 1. The predicted molar refractivity (Wildman–Crippen MR) is 80.9 cm³/mol. The molecular formula is C13H12BrN3O3S. The van der Waals surface area contributed by atoms with Crippen molar-refractivity contribution < 1.29 is 13.2 Å². The van der Waals surface area contributed by atoms with E-state index in [1.807, 2.05) is 0 Å². The molecular weight excluding hydrogens is 358 g/mol. The number of aromatic nitrogens is 1. The molecule has 1 aromatic carbocycles. The van der Waals surface area contributed by atoms with Crippen LogP contribution in [-0.4, -0.2) is 19.3 Å². The Kier molecular flexibility index (Phi) is 4.71. The van der Waals surface area contributed by atoms with E-state index in [-0.39, 0.29) is 23.0 Å². The third kappa shape index (κ3) is 4.35. The second kappa shape index (κ2) is 6.33. The number of nitrogens with two attached hydrogens (primary N) is 1. The van der Waals surface area contributed by atoms with Gasteiger partial charge < -0.3 is 5.32 Å². The lowest BCUT2D eigenvalue weighted by Crippen LogP contribution is -2.24. The maximum Gasteiger partial charge on any atom is 0.270 e. The molecule has 1 aromatic heterocycles. The lowest BCUT2D eigenvalue weighted by atomic mass is 10.2. The van der Waals surface area contributed by atoms with Crippen molar-refractivity contribution in [3.63, 3.8) is 0 Å². The molecule has 1 amide bonds. The molecule has 0 radical (unpaired) electrons. The van der Waals surface area contributed by atoms with Crippen molar-refractivity contribution >= 4 is 31.9 Å². The summed E-state index contributed by atoms with van der Waals surface area (Å²) in [7, 11) is -3.75. The average molecular weight is 370 g/mol. The highest BCUT2D eigenvalue weighted by Crippen LogP contribution is 2.10. The Morgan fingerprint density at radius 1 is 1.24 bits per heavy atom. The second-order valence-electron chi connectivity index (χ2n) is 4.22. The highest BCUT2D eigenvalue weighted by molar-refractivity contribution is 9.10. The Morgan fingerprint density at radius 3 is 2.62 bits per heavy atom. The van der Waals surface area contributed by atoms with Crippen LogP contribution < -0.4 is 10.5 Å². The maximum absolute atomic E-state index is 11.9. The summed E-state index contributed by atoms with van der Waals surface area (Å²) in [6.07, 6.45) is 0. The van der Waals surface area contributed by atoms with E-state index in [0.717, 1.165) is 0 Å². The standard InChI is InChI=1S/C13H12BrN3O3S/c14-12-6-2-5-11(17-12)13(18)16-8-9-3-1-4-10(7-9)21(15,19)20/h1-7H,8H2,(H,16,18)(H2,15,19,20). The SMILES string of the molecule is NS(=O)(=O)c1cccc(CNC(=O)c2cccc(Br)n2)c1. The zero-order valence-electron chi connectivity index (χ0n) is 10.8. The molecule has 110 valence electrons. The molecule has 0 bridgehead atoms. The van der Waals surface area contributed by atoms with Crippen molar-refractivity contribution in [3.8, 4) is 0 Å². The van der Waals surface area contributed by atoms with E-state index in [1.54, 1.807) is 30.3 Å². The normalized spacial score (nSPS) is 11.1. The number of sulfonamides is 1. The Bertz CT molecular complexity index is 778. The molecule has 2 aromatic rings.